The highest BCUT2D eigenvalue weighted by molar-refractivity contribution is 6.76. The number of aromatic nitrogens is 4. The van der Waals surface area contributed by atoms with Crippen LogP contribution < -0.4 is 4.90 Å². The molecule has 7 nitrogen and oxygen atoms in total. The van der Waals surface area contributed by atoms with E-state index in [1.807, 2.05) is 24.8 Å². The Morgan fingerprint density at radius 3 is 2.56 bits per heavy atom. The minimum atomic E-state index is -0.803. The van der Waals surface area contributed by atoms with Gasteiger partial charge in [-0.1, -0.05) is 19.6 Å². The molecule has 1 saturated heterocycles. The molecule has 0 bridgehead atoms. The summed E-state index contributed by atoms with van der Waals surface area (Å²) in [6.45, 7) is 10.2. The summed E-state index contributed by atoms with van der Waals surface area (Å²) in [5.74, 6) is 0. The van der Waals surface area contributed by atoms with E-state index in [4.69, 9.17) is 4.74 Å². The molecular formula is C26H40N6OSi. The van der Waals surface area contributed by atoms with E-state index in [1.165, 1.54) is 42.8 Å². The molecular weight excluding hydrogens is 440 g/mol. The van der Waals surface area contributed by atoms with Gasteiger partial charge in [-0.15, -0.1) is 0 Å². The Kier molecular flexibility index (Phi) is 8.01. The molecule has 1 saturated carbocycles. The molecule has 1 aliphatic carbocycles. The van der Waals surface area contributed by atoms with Crippen LogP contribution in [0.1, 0.15) is 25.7 Å². The van der Waals surface area contributed by atoms with Crippen molar-refractivity contribution >= 4 is 24.8 Å². The number of nitrogens with zero attached hydrogens (tertiary/aromatic N) is 5. The molecule has 0 amide bonds. The summed E-state index contributed by atoms with van der Waals surface area (Å²) < 4.78 is 4.95. The highest BCUT2D eigenvalue weighted by atomic mass is 28.3. The molecule has 8 heteroatoms. The molecule has 3 aromatic heterocycles. The second-order valence-corrected chi connectivity index (χ2v) is 16.4. The van der Waals surface area contributed by atoms with E-state index in [0.29, 0.717) is 6.04 Å². The largest absolute Gasteiger partial charge is 0.385 e. The van der Waals surface area contributed by atoms with Gasteiger partial charge in [-0.25, -0.2) is 15.0 Å². The van der Waals surface area contributed by atoms with Gasteiger partial charge in [0.05, 0.1) is 5.39 Å². The molecule has 2 aliphatic rings. The Morgan fingerprint density at radius 1 is 1.15 bits per heavy atom. The number of hydrogen-bond acceptors (Lipinski definition) is 6. The van der Waals surface area contributed by atoms with E-state index in [9.17, 15) is 0 Å². The minimum absolute atomic E-state index is 0.641. The quantitative estimate of drug-likeness (QED) is 0.477. The van der Waals surface area contributed by atoms with Gasteiger partial charge in [0.2, 0.25) is 0 Å². The number of fused-ring (bicyclic) bond motifs is 1. The zero-order valence-corrected chi connectivity index (χ0v) is 22.4. The van der Waals surface area contributed by atoms with E-state index >= 15 is 0 Å². The topological polar surface area (TPSA) is 70.2 Å². The van der Waals surface area contributed by atoms with Crippen LogP contribution in [0, 0.1) is 0 Å². The molecule has 1 N–H and O–H groups in total. The van der Waals surface area contributed by atoms with Crippen molar-refractivity contribution in [2.45, 2.75) is 63.5 Å². The maximum absolute atomic E-state index is 4.95. The summed E-state index contributed by atoms with van der Waals surface area (Å²) in [6.07, 6.45) is 14.5. The fraction of sp³-hybridized carbons (Fsp3) is 0.577. The SMILES string of the molecule is CN(C1CC1)[C@H]1CCCN(c2ccnc3[nH]cc(-c4cncnc4)c23)C1.COCC[Si](C)(C)C. The van der Waals surface area contributed by atoms with E-state index in [2.05, 4.69) is 62.5 Å². The number of anilines is 1. The average Bonchev–Trinajstić information content (AvgIpc) is 3.61. The second kappa shape index (κ2) is 11.0. The van der Waals surface area contributed by atoms with Crippen LogP contribution in [0.4, 0.5) is 5.69 Å². The van der Waals surface area contributed by atoms with Crippen molar-refractivity contribution in [2.24, 2.45) is 0 Å². The van der Waals surface area contributed by atoms with E-state index < -0.39 is 8.07 Å². The molecule has 3 aromatic rings. The molecule has 0 unspecified atom stereocenters. The zero-order valence-electron chi connectivity index (χ0n) is 21.4. The molecule has 1 aliphatic heterocycles. The molecule has 184 valence electrons. The number of hydrogen-bond donors (Lipinski definition) is 1. The number of H-pyrrole nitrogens is 1. The normalized spacial score (nSPS) is 18.8. The Morgan fingerprint density at radius 2 is 1.91 bits per heavy atom. The molecule has 5 rings (SSSR count). The number of rotatable bonds is 7. The summed E-state index contributed by atoms with van der Waals surface area (Å²) in [5, 5.41) is 1.18. The second-order valence-electron chi connectivity index (χ2n) is 10.8. The predicted octanol–water partition coefficient (Wildman–Crippen LogP) is 5.05. The monoisotopic (exact) mass is 480 g/mol. The van der Waals surface area contributed by atoms with Gasteiger partial charge in [0, 0.05) is 88.6 Å². The highest BCUT2D eigenvalue weighted by Crippen LogP contribution is 2.37. The van der Waals surface area contributed by atoms with Crippen LogP contribution in [0.5, 0.6) is 0 Å². The van der Waals surface area contributed by atoms with Crippen LogP contribution in [-0.4, -0.2) is 78.8 Å². The number of pyridine rings is 1. The lowest BCUT2D eigenvalue weighted by atomic mass is 10.0. The van der Waals surface area contributed by atoms with Gasteiger partial charge in [-0.05, 0) is 44.8 Å². The summed E-state index contributed by atoms with van der Waals surface area (Å²) >= 11 is 0. The number of aromatic amines is 1. The number of likely N-dealkylation sites (N-methyl/N-ethyl adjacent to an activating group) is 1. The fourth-order valence-corrected chi connectivity index (χ4v) is 5.48. The lowest BCUT2D eigenvalue weighted by molar-refractivity contribution is 0.206. The molecule has 0 aromatic carbocycles. The van der Waals surface area contributed by atoms with E-state index in [-0.39, 0.29) is 0 Å². The maximum atomic E-state index is 4.95. The summed E-state index contributed by atoms with van der Waals surface area (Å²) in [4.78, 5) is 21.4. The predicted molar refractivity (Wildman–Crippen MR) is 143 cm³/mol. The first-order valence-electron chi connectivity index (χ1n) is 12.5. The summed E-state index contributed by atoms with van der Waals surface area (Å²) in [7, 11) is 3.26. The number of methoxy groups -OCH3 is 1. The Balaban J connectivity index is 0.000000297. The third-order valence-electron chi connectivity index (χ3n) is 6.92. The Labute approximate surface area is 205 Å². The Hall–Kier alpha value is -2.29. The maximum Gasteiger partial charge on any atom is 0.139 e. The summed E-state index contributed by atoms with van der Waals surface area (Å²) in [6, 6.07) is 4.88. The van der Waals surface area contributed by atoms with Crippen LogP contribution in [0.15, 0.2) is 37.2 Å². The third kappa shape index (κ3) is 6.23. The van der Waals surface area contributed by atoms with Crippen molar-refractivity contribution < 1.29 is 4.74 Å². The smallest absolute Gasteiger partial charge is 0.139 e. The van der Waals surface area contributed by atoms with Crippen molar-refractivity contribution in [2.75, 3.05) is 38.8 Å². The first-order chi connectivity index (χ1) is 16.4. The first-order valence-corrected chi connectivity index (χ1v) is 16.3. The van der Waals surface area contributed by atoms with Gasteiger partial charge in [0.15, 0.2) is 0 Å². The van der Waals surface area contributed by atoms with Gasteiger partial charge in [-0.2, -0.15) is 0 Å². The van der Waals surface area contributed by atoms with E-state index in [1.54, 1.807) is 13.4 Å². The van der Waals surface area contributed by atoms with Crippen molar-refractivity contribution in [3.63, 3.8) is 0 Å². The van der Waals surface area contributed by atoms with Gasteiger partial charge in [0.1, 0.15) is 12.0 Å². The number of piperidine rings is 1. The van der Waals surface area contributed by atoms with Crippen molar-refractivity contribution in [3.05, 3.63) is 37.2 Å². The van der Waals surface area contributed by atoms with Gasteiger partial charge < -0.3 is 14.6 Å². The Bertz CT molecular complexity index is 1050. The average molecular weight is 481 g/mol. The van der Waals surface area contributed by atoms with E-state index in [0.717, 1.165) is 42.5 Å². The van der Waals surface area contributed by atoms with Gasteiger partial charge in [0.25, 0.3) is 0 Å². The minimum Gasteiger partial charge on any atom is -0.385 e. The zero-order chi connectivity index (χ0) is 24.1. The number of nitrogens with one attached hydrogen (secondary N) is 1. The van der Waals surface area contributed by atoms with Gasteiger partial charge >= 0.3 is 0 Å². The van der Waals surface area contributed by atoms with Gasteiger partial charge in [-0.3, -0.25) is 4.90 Å². The molecule has 34 heavy (non-hydrogen) atoms. The van der Waals surface area contributed by atoms with Crippen molar-refractivity contribution in [1.82, 2.24) is 24.8 Å². The highest BCUT2D eigenvalue weighted by Gasteiger charge is 2.33. The third-order valence-corrected chi connectivity index (χ3v) is 8.62. The van der Waals surface area contributed by atoms with Crippen molar-refractivity contribution in [1.29, 1.82) is 0 Å². The van der Waals surface area contributed by atoms with Crippen LogP contribution in [0.3, 0.4) is 0 Å². The standard InChI is InChI=1S/C20H24N6.C6H16OSi/c1-25(15-4-5-15)16-3-2-8-26(12-16)18-6-7-23-20-19(18)17(11-24-20)14-9-21-13-22-10-14;1-7-5-6-8(2,3)4/h6-7,9-11,13,15-16H,2-5,8,12H2,1H3,(H,23,24);5-6H2,1-4H3/t16-;/m0./s1. The molecule has 1 atom stereocenters. The van der Waals surface area contributed by atoms with Crippen LogP contribution >= 0.6 is 0 Å². The fourth-order valence-electron chi connectivity index (χ4n) is 4.66. The lowest BCUT2D eigenvalue weighted by Gasteiger charge is -2.39. The van der Waals surface area contributed by atoms with Crippen LogP contribution in [0.25, 0.3) is 22.2 Å². The molecule has 0 radical (unpaired) electrons. The number of ether oxygens (including phenoxy) is 1. The van der Waals surface area contributed by atoms with Crippen molar-refractivity contribution in [3.8, 4) is 11.1 Å². The van der Waals surface area contributed by atoms with Crippen LogP contribution in [0.2, 0.25) is 25.7 Å². The molecule has 4 heterocycles. The summed E-state index contributed by atoms with van der Waals surface area (Å²) in [5.41, 5.74) is 4.35. The molecule has 2 fully saturated rings. The molecule has 0 spiro atoms. The van der Waals surface area contributed by atoms with Crippen LogP contribution in [-0.2, 0) is 4.74 Å². The lowest BCUT2D eigenvalue weighted by Crippen LogP contribution is -2.47. The first kappa shape index (κ1) is 24.8.